The minimum atomic E-state index is 0.631. The summed E-state index contributed by atoms with van der Waals surface area (Å²) in [4.78, 5) is 8.99. The second-order valence-electron chi connectivity index (χ2n) is 4.68. The van der Waals surface area contributed by atoms with Crippen LogP contribution in [0, 0.1) is 18.3 Å². The lowest BCUT2D eigenvalue weighted by Gasteiger charge is -2.05. The molecular formula is C16H14N4. The molecule has 1 aromatic carbocycles. The van der Waals surface area contributed by atoms with Crippen LogP contribution in [0.5, 0.6) is 0 Å². The third kappa shape index (κ3) is 1.94. The third-order valence-corrected chi connectivity index (χ3v) is 3.36. The number of hydrogen-bond acceptors (Lipinski definition) is 3. The summed E-state index contributed by atoms with van der Waals surface area (Å²) in [7, 11) is 0. The molecule has 0 aliphatic carbocycles. The fourth-order valence-electron chi connectivity index (χ4n) is 2.34. The largest absolute Gasteiger partial charge is 0.324 e. The SMILES string of the molecule is CCn1c(-c2ccc(C)nc2)nc2cc(C#N)ccc21. The van der Waals surface area contributed by atoms with Crippen molar-refractivity contribution in [3.8, 4) is 17.5 Å². The van der Waals surface area contributed by atoms with E-state index in [1.807, 2.05) is 43.5 Å². The maximum absolute atomic E-state index is 8.98. The zero-order valence-corrected chi connectivity index (χ0v) is 11.5. The Bertz CT molecular complexity index is 807. The zero-order chi connectivity index (χ0) is 14.1. The van der Waals surface area contributed by atoms with Crippen LogP contribution < -0.4 is 0 Å². The predicted molar refractivity (Wildman–Crippen MR) is 78.1 cm³/mol. The van der Waals surface area contributed by atoms with Gasteiger partial charge < -0.3 is 4.57 Å². The van der Waals surface area contributed by atoms with Crippen LogP contribution in [-0.2, 0) is 6.54 Å². The molecule has 20 heavy (non-hydrogen) atoms. The molecule has 0 N–H and O–H groups in total. The van der Waals surface area contributed by atoms with Gasteiger partial charge in [-0.3, -0.25) is 4.98 Å². The van der Waals surface area contributed by atoms with Gasteiger partial charge in [-0.15, -0.1) is 0 Å². The molecule has 0 atom stereocenters. The number of imidazole rings is 1. The molecule has 0 saturated carbocycles. The summed E-state index contributed by atoms with van der Waals surface area (Å²) in [6, 6.07) is 11.8. The van der Waals surface area contributed by atoms with Crippen molar-refractivity contribution in [2.45, 2.75) is 20.4 Å². The summed E-state index contributed by atoms with van der Waals surface area (Å²) in [6.07, 6.45) is 1.84. The quantitative estimate of drug-likeness (QED) is 0.712. The molecule has 4 nitrogen and oxygen atoms in total. The van der Waals surface area contributed by atoms with Gasteiger partial charge >= 0.3 is 0 Å². The highest BCUT2D eigenvalue weighted by Crippen LogP contribution is 2.25. The molecular weight excluding hydrogens is 248 g/mol. The molecule has 0 unspecified atom stereocenters. The average molecular weight is 262 g/mol. The van der Waals surface area contributed by atoms with Crippen LogP contribution in [0.2, 0.25) is 0 Å². The van der Waals surface area contributed by atoms with Crippen molar-refractivity contribution in [1.29, 1.82) is 5.26 Å². The van der Waals surface area contributed by atoms with Gasteiger partial charge in [-0.1, -0.05) is 0 Å². The Hall–Kier alpha value is -2.67. The Morgan fingerprint density at radius 1 is 1.25 bits per heavy atom. The molecule has 0 aliphatic heterocycles. The van der Waals surface area contributed by atoms with Gasteiger partial charge in [-0.05, 0) is 44.2 Å². The van der Waals surface area contributed by atoms with Gasteiger partial charge in [0.25, 0.3) is 0 Å². The molecule has 98 valence electrons. The van der Waals surface area contributed by atoms with Crippen LogP contribution >= 0.6 is 0 Å². The second kappa shape index (κ2) is 4.78. The van der Waals surface area contributed by atoms with Crippen LogP contribution in [-0.4, -0.2) is 14.5 Å². The topological polar surface area (TPSA) is 54.5 Å². The Kier molecular flexibility index (Phi) is 2.96. The van der Waals surface area contributed by atoms with Crippen molar-refractivity contribution in [2.75, 3.05) is 0 Å². The lowest BCUT2D eigenvalue weighted by atomic mass is 10.2. The van der Waals surface area contributed by atoms with Crippen molar-refractivity contribution < 1.29 is 0 Å². The third-order valence-electron chi connectivity index (χ3n) is 3.36. The average Bonchev–Trinajstić information content (AvgIpc) is 2.85. The van der Waals surface area contributed by atoms with Crippen molar-refractivity contribution in [1.82, 2.24) is 14.5 Å². The van der Waals surface area contributed by atoms with E-state index in [2.05, 4.69) is 27.5 Å². The highest BCUT2D eigenvalue weighted by Gasteiger charge is 2.12. The highest BCUT2D eigenvalue weighted by atomic mass is 15.1. The number of hydrogen-bond donors (Lipinski definition) is 0. The Labute approximate surface area is 117 Å². The molecule has 4 heteroatoms. The highest BCUT2D eigenvalue weighted by molar-refractivity contribution is 5.81. The lowest BCUT2D eigenvalue weighted by Crippen LogP contribution is -1.97. The number of nitriles is 1. The Morgan fingerprint density at radius 3 is 2.75 bits per heavy atom. The summed E-state index contributed by atoms with van der Waals surface area (Å²) in [5, 5.41) is 8.98. The first kappa shape index (κ1) is 12.4. The summed E-state index contributed by atoms with van der Waals surface area (Å²) < 4.78 is 2.14. The lowest BCUT2D eigenvalue weighted by molar-refractivity contribution is 0.796. The Morgan fingerprint density at radius 2 is 2.10 bits per heavy atom. The van der Waals surface area contributed by atoms with Crippen LogP contribution in [0.25, 0.3) is 22.4 Å². The van der Waals surface area contributed by atoms with Crippen molar-refractivity contribution in [3.05, 3.63) is 47.8 Å². The number of rotatable bonds is 2. The summed E-state index contributed by atoms with van der Waals surface area (Å²) in [5.41, 5.74) is 4.50. The molecule has 3 aromatic rings. The standard InChI is InChI=1S/C16H14N4/c1-3-20-15-7-5-12(9-17)8-14(15)19-16(20)13-6-4-11(2)18-10-13/h4-8,10H,3H2,1-2H3. The normalized spacial score (nSPS) is 10.7. The summed E-state index contributed by atoms with van der Waals surface area (Å²) in [6.45, 7) is 4.88. The van der Waals surface area contributed by atoms with Crippen LogP contribution in [0.4, 0.5) is 0 Å². The maximum atomic E-state index is 8.98. The van der Waals surface area contributed by atoms with Crippen molar-refractivity contribution in [3.63, 3.8) is 0 Å². The first-order chi connectivity index (χ1) is 9.72. The molecule has 0 bridgehead atoms. The van der Waals surface area contributed by atoms with Crippen molar-refractivity contribution >= 4 is 11.0 Å². The number of benzene rings is 1. The number of aromatic nitrogens is 3. The van der Waals surface area contributed by atoms with E-state index in [1.165, 1.54) is 0 Å². The molecule has 2 aromatic heterocycles. The van der Waals surface area contributed by atoms with E-state index in [9.17, 15) is 0 Å². The van der Waals surface area contributed by atoms with Gasteiger partial charge in [-0.25, -0.2) is 4.98 Å². The van der Waals surface area contributed by atoms with Gasteiger partial charge in [0.1, 0.15) is 5.82 Å². The van der Waals surface area contributed by atoms with E-state index in [4.69, 9.17) is 5.26 Å². The minimum Gasteiger partial charge on any atom is -0.324 e. The van der Waals surface area contributed by atoms with E-state index in [-0.39, 0.29) is 0 Å². The fraction of sp³-hybridized carbons (Fsp3) is 0.188. The molecule has 0 fully saturated rings. The molecule has 0 radical (unpaired) electrons. The van der Waals surface area contributed by atoms with Crippen LogP contribution in [0.1, 0.15) is 18.2 Å². The maximum Gasteiger partial charge on any atom is 0.142 e. The monoisotopic (exact) mass is 262 g/mol. The molecule has 3 rings (SSSR count). The smallest absolute Gasteiger partial charge is 0.142 e. The summed E-state index contributed by atoms with van der Waals surface area (Å²) in [5.74, 6) is 0.894. The van der Waals surface area contributed by atoms with E-state index >= 15 is 0 Å². The zero-order valence-electron chi connectivity index (χ0n) is 11.5. The van der Waals surface area contributed by atoms with Gasteiger partial charge in [0.05, 0.1) is 22.7 Å². The Balaban J connectivity index is 2.25. The molecule has 0 spiro atoms. The fourth-order valence-corrected chi connectivity index (χ4v) is 2.34. The van der Waals surface area contributed by atoms with E-state index in [0.717, 1.165) is 34.7 Å². The number of nitrogens with zero attached hydrogens (tertiary/aromatic N) is 4. The summed E-state index contributed by atoms with van der Waals surface area (Å²) >= 11 is 0. The van der Waals surface area contributed by atoms with Crippen molar-refractivity contribution in [2.24, 2.45) is 0 Å². The van der Waals surface area contributed by atoms with Crippen LogP contribution in [0.15, 0.2) is 36.5 Å². The van der Waals surface area contributed by atoms with Gasteiger partial charge in [0.15, 0.2) is 0 Å². The molecule has 0 amide bonds. The van der Waals surface area contributed by atoms with E-state index in [0.29, 0.717) is 5.56 Å². The second-order valence-corrected chi connectivity index (χ2v) is 4.68. The number of pyridine rings is 1. The first-order valence-electron chi connectivity index (χ1n) is 6.56. The van der Waals surface area contributed by atoms with Gasteiger partial charge in [0.2, 0.25) is 0 Å². The first-order valence-corrected chi connectivity index (χ1v) is 6.56. The van der Waals surface area contributed by atoms with Gasteiger partial charge in [0, 0.05) is 24.0 Å². The van der Waals surface area contributed by atoms with E-state index < -0.39 is 0 Å². The van der Waals surface area contributed by atoms with Crippen LogP contribution in [0.3, 0.4) is 0 Å². The number of aryl methyl sites for hydroxylation is 2. The molecule has 2 heterocycles. The van der Waals surface area contributed by atoms with E-state index in [1.54, 1.807) is 0 Å². The molecule has 0 aliphatic rings. The predicted octanol–water partition coefficient (Wildman–Crippen LogP) is 3.30. The molecule has 0 saturated heterocycles. The minimum absolute atomic E-state index is 0.631. The number of fused-ring (bicyclic) bond motifs is 1. The van der Waals surface area contributed by atoms with Gasteiger partial charge in [-0.2, -0.15) is 5.26 Å².